The van der Waals surface area contributed by atoms with Gasteiger partial charge in [-0.3, -0.25) is 4.98 Å². The molecule has 0 aliphatic heterocycles. The summed E-state index contributed by atoms with van der Waals surface area (Å²) in [6.45, 7) is 10.2. The molecule has 0 radical (unpaired) electrons. The summed E-state index contributed by atoms with van der Waals surface area (Å²) in [5.41, 5.74) is 1.68. The number of aromatic nitrogens is 1. The Balaban J connectivity index is 2.37. The first-order chi connectivity index (χ1) is 8.04. The van der Waals surface area contributed by atoms with Gasteiger partial charge in [0.15, 0.2) is 0 Å². The van der Waals surface area contributed by atoms with E-state index in [-0.39, 0.29) is 0 Å². The molecule has 0 aliphatic carbocycles. The van der Waals surface area contributed by atoms with E-state index in [0.717, 1.165) is 13.0 Å². The lowest BCUT2D eigenvalue weighted by atomic mass is 9.83. The lowest BCUT2D eigenvalue weighted by molar-refractivity contribution is 0.254. The Kier molecular flexibility index (Phi) is 5.63. The van der Waals surface area contributed by atoms with Gasteiger partial charge < -0.3 is 5.32 Å². The molecule has 96 valence electrons. The predicted octanol–water partition coefficient (Wildman–Crippen LogP) is 3.43. The molecule has 1 aromatic rings. The van der Waals surface area contributed by atoms with Crippen molar-refractivity contribution in [3.8, 4) is 0 Å². The van der Waals surface area contributed by atoms with Gasteiger partial charge in [-0.1, -0.05) is 33.8 Å². The molecule has 1 rings (SSSR count). The summed E-state index contributed by atoms with van der Waals surface area (Å²) >= 11 is 0. The van der Waals surface area contributed by atoms with Crippen LogP contribution in [0.1, 0.15) is 46.1 Å². The van der Waals surface area contributed by atoms with Crippen LogP contribution in [0.25, 0.3) is 0 Å². The Bertz CT molecular complexity index is 300. The second-order valence-corrected chi connectivity index (χ2v) is 5.73. The molecule has 0 bridgehead atoms. The molecule has 0 saturated carbocycles. The van der Waals surface area contributed by atoms with Crippen molar-refractivity contribution in [1.82, 2.24) is 10.3 Å². The first-order valence-electron chi connectivity index (χ1n) is 6.66. The third-order valence-corrected chi connectivity index (χ3v) is 3.18. The van der Waals surface area contributed by atoms with Crippen molar-refractivity contribution in [2.45, 2.75) is 53.0 Å². The van der Waals surface area contributed by atoms with Crippen molar-refractivity contribution in [2.24, 2.45) is 5.41 Å². The van der Waals surface area contributed by atoms with Crippen LogP contribution in [-0.2, 0) is 6.42 Å². The number of nitrogens with zero attached hydrogens (tertiary/aromatic N) is 1. The minimum absolute atomic E-state index is 0.338. The topological polar surface area (TPSA) is 24.9 Å². The first kappa shape index (κ1) is 14.2. The van der Waals surface area contributed by atoms with Crippen molar-refractivity contribution in [2.75, 3.05) is 6.54 Å². The van der Waals surface area contributed by atoms with Crippen molar-refractivity contribution >= 4 is 0 Å². The number of rotatable bonds is 6. The van der Waals surface area contributed by atoms with Crippen LogP contribution in [0.5, 0.6) is 0 Å². The fourth-order valence-electron chi connectivity index (χ4n) is 2.14. The van der Waals surface area contributed by atoms with Crippen molar-refractivity contribution in [3.63, 3.8) is 0 Å². The Morgan fingerprint density at radius 3 is 2.65 bits per heavy atom. The Labute approximate surface area is 106 Å². The van der Waals surface area contributed by atoms with Crippen LogP contribution < -0.4 is 5.32 Å². The standard InChI is InChI=1S/C15H26N2/c1-5-17-14(15(2,3)4)10-6-8-13-9-7-11-16-12-13/h7,9,11-12,14,17H,5-6,8,10H2,1-4H3. The molecule has 0 aliphatic rings. The molecule has 0 fully saturated rings. The van der Waals surface area contributed by atoms with Gasteiger partial charge in [-0.15, -0.1) is 0 Å². The molecule has 0 aromatic carbocycles. The van der Waals surface area contributed by atoms with Crippen molar-refractivity contribution in [1.29, 1.82) is 0 Å². The Morgan fingerprint density at radius 2 is 2.12 bits per heavy atom. The molecular weight excluding hydrogens is 208 g/mol. The Morgan fingerprint density at radius 1 is 1.35 bits per heavy atom. The van der Waals surface area contributed by atoms with Crippen LogP contribution in [0.15, 0.2) is 24.5 Å². The fourth-order valence-corrected chi connectivity index (χ4v) is 2.14. The van der Waals surface area contributed by atoms with Gasteiger partial charge in [-0.25, -0.2) is 0 Å². The summed E-state index contributed by atoms with van der Waals surface area (Å²) < 4.78 is 0. The van der Waals surface area contributed by atoms with Crippen LogP contribution >= 0.6 is 0 Å². The average Bonchev–Trinajstić information content (AvgIpc) is 2.28. The van der Waals surface area contributed by atoms with E-state index in [1.807, 2.05) is 18.5 Å². The van der Waals surface area contributed by atoms with Gasteiger partial charge in [0.25, 0.3) is 0 Å². The molecule has 0 spiro atoms. The summed E-state index contributed by atoms with van der Waals surface area (Å²) in [7, 11) is 0. The molecule has 0 saturated heterocycles. The average molecular weight is 234 g/mol. The summed E-state index contributed by atoms with van der Waals surface area (Å²) in [5.74, 6) is 0. The number of nitrogens with one attached hydrogen (secondary N) is 1. The highest BCUT2D eigenvalue weighted by molar-refractivity contribution is 5.08. The van der Waals surface area contributed by atoms with E-state index in [2.05, 4.69) is 44.1 Å². The zero-order chi connectivity index (χ0) is 12.7. The van der Waals surface area contributed by atoms with Gasteiger partial charge in [0, 0.05) is 18.4 Å². The van der Waals surface area contributed by atoms with Crippen molar-refractivity contribution < 1.29 is 0 Å². The minimum Gasteiger partial charge on any atom is -0.314 e. The van der Waals surface area contributed by atoms with Gasteiger partial charge in [-0.2, -0.15) is 0 Å². The predicted molar refractivity (Wildman–Crippen MR) is 74.1 cm³/mol. The highest BCUT2D eigenvalue weighted by Crippen LogP contribution is 2.23. The molecule has 1 unspecified atom stereocenters. The third-order valence-electron chi connectivity index (χ3n) is 3.18. The molecule has 2 nitrogen and oxygen atoms in total. The van der Waals surface area contributed by atoms with E-state index in [0.29, 0.717) is 11.5 Å². The van der Waals surface area contributed by atoms with Gasteiger partial charge in [0.1, 0.15) is 0 Å². The summed E-state index contributed by atoms with van der Waals surface area (Å²) in [4.78, 5) is 4.15. The molecule has 2 heteroatoms. The van der Waals surface area contributed by atoms with Gasteiger partial charge >= 0.3 is 0 Å². The SMILES string of the molecule is CCNC(CCCc1cccnc1)C(C)(C)C. The molecule has 1 heterocycles. The molecule has 17 heavy (non-hydrogen) atoms. The van der Waals surface area contributed by atoms with E-state index in [4.69, 9.17) is 0 Å². The zero-order valence-corrected chi connectivity index (χ0v) is 11.7. The summed E-state index contributed by atoms with van der Waals surface area (Å²) in [5, 5.41) is 3.59. The smallest absolute Gasteiger partial charge is 0.0299 e. The normalized spacial score (nSPS) is 13.6. The summed E-state index contributed by atoms with van der Waals surface area (Å²) in [6.07, 6.45) is 7.39. The highest BCUT2D eigenvalue weighted by Gasteiger charge is 2.22. The lowest BCUT2D eigenvalue weighted by Gasteiger charge is -2.31. The highest BCUT2D eigenvalue weighted by atomic mass is 14.9. The van der Waals surface area contributed by atoms with Crippen LogP contribution in [0.2, 0.25) is 0 Å². The Hall–Kier alpha value is -0.890. The van der Waals surface area contributed by atoms with E-state index >= 15 is 0 Å². The van der Waals surface area contributed by atoms with E-state index in [9.17, 15) is 0 Å². The molecule has 1 atom stereocenters. The van der Waals surface area contributed by atoms with Crippen molar-refractivity contribution in [3.05, 3.63) is 30.1 Å². The van der Waals surface area contributed by atoms with Crippen LogP contribution in [0.3, 0.4) is 0 Å². The number of pyridine rings is 1. The summed E-state index contributed by atoms with van der Waals surface area (Å²) in [6, 6.07) is 4.77. The molecule has 1 aromatic heterocycles. The van der Waals surface area contributed by atoms with Gasteiger partial charge in [0.2, 0.25) is 0 Å². The lowest BCUT2D eigenvalue weighted by Crippen LogP contribution is -2.40. The minimum atomic E-state index is 0.338. The number of aryl methyl sites for hydroxylation is 1. The largest absolute Gasteiger partial charge is 0.314 e. The zero-order valence-electron chi connectivity index (χ0n) is 11.7. The quantitative estimate of drug-likeness (QED) is 0.815. The maximum atomic E-state index is 4.15. The van der Waals surface area contributed by atoms with Gasteiger partial charge in [-0.05, 0) is 42.9 Å². The maximum absolute atomic E-state index is 4.15. The number of hydrogen-bond donors (Lipinski definition) is 1. The van der Waals surface area contributed by atoms with E-state index in [1.54, 1.807) is 0 Å². The second-order valence-electron chi connectivity index (χ2n) is 5.73. The monoisotopic (exact) mass is 234 g/mol. The van der Waals surface area contributed by atoms with Crippen LogP contribution in [0, 0.1) is 5.41 Å². The molecule has 0 amide bonds. The molecular formula is C15H26N2. The maximum Gasteiger partial charge on any atom is 0.0299 e. The third kappa shape index (κ3) is 5.31. The molecule has 1 N–H and O–H groups in total. The van der Waals surface area contributed by atoms with E-state index < -0.39 is 0 Å². The fraction of sp³-hybridized carbons (Fsp3) is 0.667. The second kappa shape index (κ2) is 6.75. The van der Waals surface area contributed by atoms with E-state index in [1.165, 1.54) is 18.4 Å². The van der Waals surface area contributed by atoms with Crippen LogP contribution in [0.4, 0.5) is 0 Å². The first-order valence-corrected chi connectivity index (χ1v) is 6.66. The van der Waals surface area contributed by atoms with Crippen LogP contribution in [-0.4, -0.2) is 17.6 Å². The van der Waals surface area contributed by atoms with Gasteiger partial charge in [0.05, 0.1) is 0 Å². The number of hydrogen-bond acceptors (Lipinski definition) is 2.